The molecule has 10 N–H and O–H groups in total. The lowest BCUT2D eigenvalue weighted by Gasteiger charge is -2.23. The molecule has 22 nitrogen and oxygen atoms in total. The summed E-state index contributed by atoms with van der Waals surface area (Å²) in [4.78, 5) is 62.2. The van der Waals surface area contributed by atoms with Gasteiger partial charge >= 0.3 is 0 Å². The summed E-state index contributed by atoms with van der Waals surface area (Å²) >= 11 is 18.9. The Morgan fingerprint density at radius 2 is 0.925 bits per heavy atom. The number of ether oxygens (including phenoxy) is 4. The lowest BCUT2D eigenvalue weighted by Crippen LogP contribution is -2.21. The molecule has 0 aliphatic heterocycles. The van der Waals surface area contributed by atoms with Gasteiger partial charge in [-0.15, -0.1) is 0 Å². The van der Waals surface area contributed by atoms with E-state index < -0.39 is 70.4 Å². The lowest BCUT2D eigenvalue weighted by molar-refractivity contribution is 0.100. The van der Waals surface area contributed by atoms with Gasteiger partial charge in [-0.2, -0.15) is 0 Å². The van der Waals surface area contributed by atoms with Gasteiger partial charge in [0.05, 0.1) is 63.3 Å². The van der Waals surface area contributed by atoms with E-state index in [1.54, 1.807) is 134 Å². The van der Waals surface area contributed by atoms with Gasteiger partial charge in [-0.3, -0.25) is 28.6 Å². The average Bonchev–Trinajstić information content (AvgIpc) is 1.49. The number of methoxy groups -OCH3 is 1. The number of carbonyl (C=O) groups excluding carboxylic acids is 3. The molecule has 29 heteroatoms. The number of nitrogens with one attached hydrogen (secondary N) is 4. The number of amides is 3. The Hall–Kier alpha value is -11.0. The SMILES string of the molecule is COc1ccc(NC(=O)c2c(F)c(Cl)cc(C(C)c3nc(C)c4c(N)nccn34)c2OC(C)C)cc1.Cc1cccc(F)c1NC(=O)c1c(F)c(Cl)cc(C(C)c2nc(C)c(C(=N)N)n2C)c1OC(C)C.Cc1cccc(NC(=O)c2c(F)c(Cl)cc(C(C)c3nc(C)c4c(N)nccn34)c2OC(C)C)c1. The molecule has 0 saturated heterocycles. The number of fused-ring (bicyclic) bond motifs is 2. The molecule has 6 aromatic carbocycles. The zero-order chi connectivity index (χ0) is 77.8. The van der Waals surface area contributed by atoms with Crippen LogP contribution < -0.4 is 52.1 Å². The predicted molar refractivity (Wildman–Crippen MR) is 406 cm³/mol. The minimum Gasteiger partial charge on any atom is -0.497 e. The van der Waals surface area contributed by atoms with Gasteiger partial charge in [0.15, 0.2) is 17.5 Å². The van der Waals surface area contributed by atoms with Gasteiger partial charge in [-0.1, -0.05) is 79.8 Å². The van der Waals surface area contributed by atoms with Crippen LogP contribution >= 0.6 is 34.8 Å². The number of halogens is 7. The van der Waals surface area contributed by atoms with Crippen LogP contribution in [-0.2, 0) is 7.05 Å². The van der Waals surface area contributed by atoms with Crippen molar-refractivity contribution >= 4 is 98.1 Å². The van der Waals surface area contributed by atoms with E-state index in [9.17, 15) is 18.8 Å². The number of rotatable bonds is 20. The summed E-state index contributed by atoms with van der Waals surface area (Å²) in [7, 11) is 3.26. The number of aromatic nitrogens is 8. The van der Waals surface area contributed by atoms with Gasteiger partial charge in [0.1, 0.15) is 97.2 Å². The van der Waals surface area contributed by atoms with Gasteiger partial charge in [-0.05, 0) is 148 Å². The monoisotopic (exact) mass is 1510 g/mol. The van der Waals surface area contributed by atoms with E-state index in [1.165, 1.54) is 30.3 Å². The fraction of sp³-hybridized carbons (Fsp3) is 0.286. The molecule has 11 rings (SSSR count). The summed E-state index contributed by atoms with van der Waals surface area (Å²) in [6.45, 7) is 25.2. The molecule has 3 atom stereocenters. The van der Waals surface area contributed by atoms with Crippen molar-refractivity contribution in [3.8, 4) is 23.0 Å². The van der Waals surface area contributed by atoms with Gasteiger partial charge < -0.3 is 56.7 Å². The Morgan fingerprint density at radius 3 is 1.31 bits per heavy atom. The minimum absolute atomic E-state index is 0.0223. The number of benzene rings is 6. The molecule has 11 aromatic rings. The van der Waals surface area contributed by atoms with Crippen molar-refractivity contribution in [1.29, 1.82) is 5.41 Å². The number of hydrogen-bond donors (Lipinski definition) is 7. The highest BCUT2D eigenvalue weighted by Crippen LogP contribution is 2.44. The van der Waals surface area contributed by atoms with Crippen LogP contribution in [0.5, 0.6) is 23.0 Å². The number of amidine groups is 1. The maximum atomic E-state index is 15.4. The lowest BCUT2D eigenvalue weighted by atomic mass is 9.95. The van der Waals surface area contributed by atoms with E-state index in [4.69, 9.17) is 86.3 Å². The smallest absolute Gasteiger partial charge is 0.262 e. The summed E-state index contributed by atoms with van der Waals surface area (Å²) in [6.07, 6.45) is 5.59. The van der Waals surface area contributed by atoms with E-state index in [1.807, 2.05) is 69.4 Å². The standard InChI is InChI=1S/C26H27ClFN5O3.C26H27ClFN5O2.C25H28ClF2N5O2/c1-13(2)36-23-18(14(3)25-31-15(4)22-24(29)30-10-11-33(22)25)12-19(27)21(28)20(23)26(34)32-16-6-8-17(35-5)9-7-16;1-13(2)35-23-18(15(4)25-31-16(5)22-24(29)30-9-10-33(22)25)12-19(27)21(28)20(23)26(34)32-17-8-6-7-14(3)11-17;1-11(2)35-22-15(13(4)24-31-14(5)21(23(29)30)33(24)6)10-16(26)19(28)18(22)25(34)32-20-12(3)8-7-9-17(20)27/h6-14H,1-5H3,(H2,29,30)(H,32,34);6-13,15H,1-5H3,(H2,29,30)(H,32,34);7-11,13H,1-6H3,(H3,29,30)(H,32,34). The van der Waals surface area contributed by atoms with E-state index in [0.717, 1.165) is 5.56 Å². The first-order valence-corrected chi connectivity index (χ1v) is 34.7. The number of aryl methyl sites for hydroxylation is 5. The Balaban J connectivity index is 0.000000184. The van der Waals surface area contributed by atoms with Crippen LogP contribution in [0.15, 0.2) is 110 Å². The third kappa shape index (κ3) is 16.7. The third-order valence-electron chi connectivity index (χ3n) is 17.1. The van der Waals surface area contributed by atoms with Crippen LogP contribution in [0.2, 0.25) is 15.1 Å². The summed E-state index contributed by atoms with van der Waals surface area (Å²) in [5, 5.41) is 15.1. The molecule has 106 heavy (non-hydrogen) atoms. The topological polar surface area (TPSA) is 304 Å². The summed E-state index contributed by atoms with van der Waals surface area (Å²) < 4.78 is 89.0. The Kier molecular flexibility index (Phi) is 24.7. The third-order valence-corrected chi connectivity index (χ3v) is 17.9. The van der Waals surface area contributed by atoms with Gasteiger partial charge in [-0.25, -0.2) is 42.5 Å². The van der Waals surface area contributed by atoms with E-state index in [2.05, 4.69) is 30.9 Å². The first-order valence-electron chi connectivity index (χ1n) is 33.6. The van der Waals surface area contributed by atoms with Crippen molar-refractivity contribution in [2.45, 2.75) is 133 Å². The molecule has 0 bridgehead atoms. The van der Waals surface area contributed by atoms with Crippen molar-refractivity contribution in [2.75, 3.05) is 34.5 Å². The van der Waals surface area contributed by atoms with E-state index >= 15 is 13.2 Å². The van der Waals surface area contributed by atoms with Crippen LogP contribution in [-0.4, -0.2) is 87.3 Å². The second-order valence-electron chi connectivity index (χ2n) is 26.0. The van der Waals surface area contributed by atoms with Crippen LogP contribution in [0.4, 0.5) is 46.3 Å². The average molecular weight is 1510 g/mol. The van der Waals surface area contributed by atoms with Gasteiger partial charge in [0.2, 0.25) is 0 Å². The van der Waals surface area contributed by atoms with Crippen LogP contribution in [0.3, 0.4) is 0 Å². The molecule has 0 spiro atoms. The maximum Gasteiger partial charge on any atom is 0.262 e. The molecule has 5 aromatic heterocycles. The molecular weight excluding hydrogens is 1430 g/mol. The van der Waals surface area contributed by atoms with Crippen molar-refractivity contribution < 1.29 is 50.9 Å². The minimum atomic E-state index is -0.981. The number of carbonyl (C=O) groups is 3. The number of para-hydroxylation sites is 1. The zero-order valence-electron chi connectivity index (χ0n) is 61.2. The second kappa shape index (κ2) is 33.0. The second-order valence-corrected chi connectivity index (χ2v) is 27.2. The molecule has 0 aliphatic rings. The van der Waals surface area contributed by atoms with Gasteiger partial charge in [0.25, 0.3) is 17.7 Å². The molecule has 3 amide bonds. The van der Waals surface area contributed by atoms with Crippen molar-refractivity contribution in [3.63, 3.8) is 0 Å². The van der Waals surface area contributed by atoms with E-state index in [0.29, 0.717) is 102 Å². The fourth-order valence-electron chi connectivity index (χ4n) is 12.3. The number of imidazole rings is 3. The first kappa shape index (κ1) is 79.2. The fourth-order valence-corrected chi connectivity index (χ4v) is 12.9. The number of nitrogen functional groups attached to an aromatic ring is 3. The maximum absolute atomic E-state index is 15.4. The molecule has 0 aliphatic carbocycles. The van der Waals surface area contributed by atoms with Crippen molar-refractivity contribution in [3.05, 3.63) is 233 Å². The quantitative estimate of drug-likeness (QED) is 0.0212. The summed E-state index contributed by atoms with van der Waals surface area (Å²) in [5.74, 6) is -3.84. The first-order chi connectivity index (χ1) is 50.0. The highest BCUT2D eigenvalue weighted by molar-refractivity contribution is 6.32. The summed E-state index contributed by atoms with van der Waals surface area (Å²) in [6, 6.07) is 22.6. The normalized spacial score (nSPS) is 12.1. The molecule has 0 saturated carbocycles. The van der Waals surface area contributed by atoms with Crippen molar-refractivity contribution in [2.24, 2.45) is 12.8 Å². The number of nitrogens with zero attached hydrogens (tertiary/aromatic N) is 8. The number of hydrogen-bond acceptors (Lipinski definition) is 15. The molecule has 5 heterocycles. The van der Waals surface area contributed by atoms with Crippen LogP contribution in [0.1, 0.15) is 179 Å². The Morgan fingerprint density at radius 1 is 0.528 bits per heavy atom. The largest absolute Gasteiger partial charge is 0.497 e. The van der Waals surface area contributed by atoms with Crippen LogP contribution in [0.25, 0.3) is 11.0 Å². The zero-order valence-corrected chi connectivity index (χ0v) is 63.4. The Bertz CT molecular complexity index is 5180. The Labute approximate surface area is 625 Å². The molecular formula is C77H82Cl3F4N15O7. The highest BCUT2D eigenvalue weighted by atomic mass is 35.5. The van der Waals surface area contributed by atoms with E-state index in [-0.39, 0.29) is 67.2 Å². The predicted octanol–water partition coefficient (Wildman–Crippen LogP) is 17.0. The highest BCUT2D eigenvalue weighted by Gasteiger charge is 2.35. The number of anilines is 5. The molecule has 3 unspecified atom stereocenters. The molecule has 556 valence electrons. The van der Waals surface area contributed by atoms with Crippen LogP contribution in [0, 0.1) is 63.3 Å². The van der Waals surface area contributed by atoms with Gasteiger partial charge in [0, 0.05) is 77.7 Å². The summed E-state index contributed by atoms with van der Waals surface area (Å²) in [5.41, 5.74) is 24.5. The molecule has 0 fully saturated rings. The number of nitrogens with two attached hydrogens (primary N) is 3. The van der Waals surface area contributed by atoms with Crippen molar-refractivity contribution in [1.82, 2.24) is 38.3 Å². The molecule has 0 radical (unpaired) electrons.